The molecule has 2 aromatic rings. The summed E-state index contributed by atoms with van der Waals surface area (Å²) in [5, 5.41) is 8.64. The second kappa shape index (κ2) is 11.1. The minimum Gasteiger partial charge on any atom is -0.420 e. The fraction of sp³-hybridized carbons (Fsp3) is 0.636. The lowest BCUT2D eigenvalue weighted by molar-refractivity contribution is 0.237. The van der Waals surface area contributed by atoms with Crippen molar-refractivity contribution < 1.29 is 4.42 Å². The van der Waals surface area contributed by atoms with Crippen molar-refractivity contribution in [2.75, 3.05) is 20.1 Å². The molecule has 1 aliphatic heterocycles. The lowest BCUT2D eigenvalue weighted by Gasteiger charge is -2.26. The molecule has 1 fully saturated rings. The highest BCUT2D eigenvalue weighted by atomic mass is 16.4. The van der Waals surface area contributed by atoms with Gasteiger partial charge in [0.05, 0.1) is 0 Å². The number of aromatic nitrogens is 2. The van der Waals surface area contributed by atoms with E-state index in [4.69, 9.17) is 4.42 Å². The number of likely N-dealkylation sites (tertiary alicyclic amines) is 1. The van der Waals surface area contributed by atoms with Crippen molar-refractivity contribution >= 4 is 0 Å². The Balaban J connectivity index is 0.000000791. The molecule has 0 N–H and O–H groups in total. The Bertz CT molecular complexity index is 655. The molecule has 0 atom stereocenters. The number of piperidine rings is 1. The van der Waals surface area contributed by atoms with E-state index in [9.17, 15) is 0 Å². The molecular formula is C22H37N3O. The van der Waals surface area contributed by atoms with E-state index in [1.54, 1.807) is 0 Å². The molecule has 4 nitrogen and oxygen atoms in total. The summed E-state index contributed by atoms with van der Waals surface area (Å²) in [7, 11) is 2.16. The van der Waals surface area contributed by atoms with Crippen LogP contribution in [0.4, 0.5) is 0 Å². The Morgan fingerprint density at radius 3 is 2.19 bits per heavy atom. The van der Waals surface area contributed by atoms with Crippen molar-refractivity contribution in [2.24, 2.45) is 0 Å². The zero-order chi connectivity index (χ0) is 19.7. The van der Waals surface area contributed by atoms with Gasteiger partial charge in [-0.3, -0.25) is 0 Å². The van der Waals surface area contributed by atoms with Crippen LogP contribution in [0.2, 0.25) is 0 Å². The smallest absolute Gasteiger partial charge is 0.248 e. The van der Waals surface area contributed by atoms with Gasteiger partial charge in [0.25, 0.3) is 0 Å². The van der Waals surface area contributed by atoms with Crippen LogP contribution in [0.3, 0.4) is 0 Å². The Morgan fingerprint density at radius 2 is 1.62 bits per heavy atom. The van der Waals surface area contributed by atoms with Gasteiger partial charge in [-0.15, -0.1) is 10.2 Å². The second-order valence-electron chi connectivity index (χ2n) is 6.47. The van der Waals surface area contributed by atoms with Crippen molar-refractivity contribution in [1.29, 1.82) is 0 Å². The second-order valence-corrected chi connectivity index (χ2v) is 6.47. The van der Waals surface area contributed by atoms with Crippen LogP contribution in [-0.2, 0) is 6.42 Å². The topological polar surface area (TPSA) is 42.2 Å². The fourth-order valence-corrected chi connectivity index (χ4v) is 3.27. The number of nitrogens with zero attached hydrogens (tertiary/aromatic N) is 3. The molecule has 0 radical (unpaired) electrons. The average molecular weight is 360 g/mol. The molecule has 0 bridgehead atoms. The van der Waals surface area contributed by atoms with Crippen molar-refractivity contribution in [3.8, 4) is 11.5 Å². The Hall–Kier alpha value is -1.68. The first kappa shape index (κ1) is 22.4. The summed E-state index contributed by atoms with van der Waals surface area (Å²) >= 11 is 0. The van der Waals surface area contributed by atoms with Crippen molar-refractivity contribution in [3.05, 3.63) is 34.7 Å². The fourth-order valence-electron chi connectivity index (χ4n) is 3.27. The van der Waals surface area contributed by atoms with Crippen LogP contribution in [0.5, 0.6) is 0 Å². The molecule has 3 rings (SSSR count). The first-order valence-corrected chi connectivity index (χ1v) is 10.2. The van der Waals surface area contributed by atoms with E-state index >= 15 is 0 Å². The molecule has 2 heterocycles. The van der Waals surface area contributed by atoms with Gasteiger partial charge in [-0.1, -0.05) is 40.7 Å². The molecule has 1 saturated heterocycles. The van der Waals surface area contributed by atoms with Gasteiger partial charge < -0.3 is 9.32 Å². The molecule has 26 heavy (non-hydrogen) atoms. The normalized spacial score (nSPS) is 14.9. The zero-order valence-corrected chi connectivity index (χ0v) is 18.0. The van der Waals surface area contributed by atoms with Gasteiger partial charge in [-0.2, -0.15) is 0 Å². The molecular weight excluding hydrogens is 322 g/mol. The summed E-state index contributed by atoms with van der Waals surface area (Å²) in [5.74, 6) is 1.89. The first-order chi connectivity index (χ1) is 12.6. The van der Waals surface area contributed by atoms with Gasteiger partial charge in [0.1, 0.15) is 0 Å². The van der Waals surface area contributed by atoms with Crippen LogP contribution in [0.1, 0.15) is 76.0 Å². The minimum atomic E-state index is 0.411. The summed E-state index contributed by atoms with van der Waals surface area (Å²) in [5.41, 5.74) is 4.96. The van der Waals surface area contributed by atoms with Crippen LogP contribution in [0, 0.1) is 13.8 Å². The third-order valence-electron chi connectivity index (χ3n) is 4.80. The van der Waals surface area contributed by atoms with Crippen LogP contribution >= 0.6 is 0 Å². The lowest BCUT2D eigenvalue weighted by Crippen LogP contribution is -2.29. The molecule has 0 amide bonds. The molecule has 4 heteroatoms. The van der Waals surface area contributed by atoms with Crippen molar-refractivity contribution in [3.63, 3.8) is 0 Å². The van der Waals surface area contributed by atoms with Crippen molar-refractivity contribution in [1.82, 2.24) is 15.1 Å². The molecule has 0 spiro atoms. The highest BCUT2D eigenvalue weighted by molar-refractivity contribution is 5.60. The van der Waals surface area contributed by atoms with Crippen LogP contribution in [0.15, 0.2) is 16.5 Å². The van der Waals surface area contributed by atoms with Gasteiger partial charge in [-0.25, -0.2) is 0 Å². The average Bonchev–Trinajstić information content (AvgIpc) is 3.15. The molecule has 0 saturated carbocycles. The minimum absolute atomic E-state index is 0.411. The number of aryl methyl sites for hydroxylation is 3. The lowest BCUT2D eigenvalue weighted by atomic mass is 9.97. The monoisotopic (exact) mass is 359 g/mol. The Labute approximate surface area is 160 Å². The Morgan fingerprint density at radius 1 is 1.00 bits per heavy atom. The standard InChI is InChI=1S/C18H25N3O.2C2H6/c1-5-14-11-16(13(3)10-12(14)2)18-20-19-17(22-18)15-6-8-21(4)9-7-15;2*1-2/h10-11,15H,5-9H2,1-4H3;2*1-2H3. The molecule has 1 aliphatic rings. The maximum atomic E-state index is 6.02. The maximum Gasteiger partial charge on any atom is 0.248 e. The highest BCUT2D eigenvalue weighted by Crippen LogP contribution is 2.31. The summed E-state index contributed by atoms with van der Waals surface area (Å²) in [4.78, 5) is 2.35. The number of rotatable bonds is 3. The SMILES string of the molecule is CC.CC.CCc1cc(-c2nnc(C3CCN(C)CC3)o2)c(C)cc1C. The van der Waals surface area contributed by atoms with Gasteiger partial charge >= 0.3 is 0 Å². The number of benzene rings is 1. The summed E-state index contributed by atoms with van der Waals surface area (Å²) < 4.78 is 6.02. The van der Waals surface area contributed by atoms with E-state index in [2.05, 4.69) is 55.0 Å². The molecule has 0 unspecified atom stereocenters. The summed E-state index contributed by atoms with van der Waals surface area (Å²) in [6.45, 7) is 16.7. The molecule has 1 aromatic heterocycles. The third kappa shape index (κ3) is 5.41. The first-order valence-electron chi connectivity index (χ1n) is 10.2. The van der Waals surface area contributed by atoms with Crippen molar-refractivity contribution in [2.45, 2.75) is 73.6 Å². The number of hydrogen-bond donors (Lipinski definition) is 0. The molecule has 0 aliphatic carbocycles. The maximum absolute atomic E-state index is 6.02. The van der Waals surface area contributed by atoms with Crippen LogP contribution < -0.4 is 0 Å². The molecule has 146 valence electrons. The van der Waals surface area contributed by atoms with Crippen LogP contribution in [0.25, 0.3) is 11.5 Å². The van der Waals surface area contributed by atoms with E-state index in [1.165, 1.54) is 16.7 Å². The largest absolute Gasteiger partial charge is 0.420 e. The Kier molecular flexibility index (Phi) is 9.57. The summed E-state index contributed by atoms with van der Waals surface area (Å²) in [6.07, 6.45) is 3.23. The van der Waals surface area contributed by atoms with E-state index in [0.717, 1.165) is 43.8 Å². The van der Waals surface area contributed by atoms with Gasteiger partial charge in [-0.05, 0) is 76.0 Å². The quantitative estimate of drug-likeness (QED) is 0.697. The number of hydrogen-bond acceptors (Lipinski definition) is 4. The highest BCUT2D eigenvalue weighted by Gasteiger charge is 2.24. The van der Waals surface area contributed by atoms with E-state index in [1.807, 2.05) is 27.7 Å². The van der Waals surface area contributed by atoms with E-state index in [-0.39, 0.29) is 0 Å². The van der Waals surface area contributed by atoms with E-state index in [0.29, 0.717) is 11.8 Å². The van der Waals surface area contributed by atoms with Gasteiger partial charge in [0, 0.05) is 11.5 Å². The van der Waals surface area contributed by atoms with E-state index < -0.39 is 0 Å². The third-order valence-corrected chi connectivity index (χ3v) is 4.80. The summed E-state index contributed by atoms with van der Waals surface area (Å²) in [6, 6.07) is 4.42. The van der Waals surface area contributed by atoms with Gasteiger partial charge in [0.15, 0.2) is 0 Å². The predicted molar refractivity (Wildman–Crippen MR) is 111 cm³/mol. The zero-order valence-electron chi connectivity index (χ0n) is 18.0. The predicted octanol–water partition coefficient (Wildman–Crippen LogP) is 5.78. The van der Waals surface area contributed by atoms with Crippen LogP contribution in [-0.4, -0.2) is 35.2 Å². The molecule has 1 aromatic carbocycles. The van der Waals surface area contributed by atoms with Gasteiger partial charge in [0.2, 0.25) is 11.8 Å².